The number of fused-ring (bicyclic) bond motifs is 1. The van der Waals surface area contributed by atoms with Gasteiger partial charge in [0.05, 0.1) is 10.3 Å². The summed E-state index contributed by atoms with van der Waals surface area (Å²) in [6.07, 6.45) is 2.69. The van der Waals surface area contributed by atoms with Crippen LogP contribution in [0.3, 0.4) is 0 Å². The number of nitro benzene ring substituents is 1. The minimum absolute atomic E-state index is 0.120. The van der Waals surface area contributed by atoms with E-state index in [1.807, 2.05) is 19.1 Å². The van der Waals surface area contributed by atoms with E-state index in [0.29, 0.717) is 5.39 Å². The van der Waals surface area contributed by atoms with E-state index in [2.05, 4.69) is 15.2 Å². The highest BCUT2D eigenvalue weighted by Crippen LogP contribution is 2.33. The van der Waals surface area contributed by atoms with Crippen molar-refractivity contribution in [2.45, 2.75) is 13.3 Å². The first-order valence-corrected chi connectivity index (χ1v) is 7.16. The van der Waals surface area contributed by atoms with Gasteiger partial charge < -0.3 is 10.2 Å². The zero-order chi connectivity index (χ0) is 14.8. The topological polar surface area (TPSA) is 71.3 Å². The number of nitrogens with one attached hydrogen (secondary N) is 1. The van der Waals surface area contributed by atoms with Crippen LogP contribution in [0.2, 0.25) is 0 Å². The van der Waals surface area contributed by atoms with E-state index in [9.17, 15) is 10.1 Å². The number of nitrogens with zero attached hydrogens (tertiary/aromatic N) is 3. The molecule has 0 aliphatic carbocycles. The Balaban J connectivity index is 2.16. The van der Waals surface area contributed by atoms with Gasteiger partial charge in [0.25, 0.3) is 5.69 Å². The molecular formula is C15H18N4O2. The van der Waals surface area contributed by atoms with Gasteiger partial charge in [0.1, 0.15) is 0 Å². The van der Waals surface area contributed by atoms with E-state index in [0.717, 1.165) is 49.4 Å². The maximum atomic E-state index is 11.2. The molecule has 1 fully saturated rings. The average molecular weight is 286 g/mol. The first-order valence-electron chi connectivity index (χ1n) is 7.16. The number of hydrogen-bond donors (Lipinski definition) is 1. The summed E-state index contributed by atoms with van der Waals surface area (Å²) in [6.45, 7) is 5.73. The van der Waals surface area contributed by atoms with Crippen LogP contribution in [0.4, 0.5) is 11.4 Å². The van der Waals surface area contributed by atoms with E-state index < -0.39 is 0 Å². The lowest BCUT2D eigenvalue weighted by molar-refractivity contribution is -0.383. The molecule has 0 unspecified atom stereocenters. The molecule has 3 rings (SSSR count). The molecule has 1 aromatic heterocycles. The van der Waals surface area contributed by atoms with Crippen LogP contribution in [-0.4, -0.2) is 36.1 Å². The predicted octanol–water partition coefficient (Wildman–Crippen LogP) is 2.25. The molecule has 6 heteroatoms. The van der Waals surface area contributed by atoms with Gasteiger partial charge in [0, 0.05) is 48.7 Å². The number of benzene rings is 1. The third-order valence-electron chi connectivity index (χ3n) is 3.87. The smallest absolute Gasteiger partial charge is 0.278 e. The molecule has 2 heterocycles. The molecule has 0 atom stereocenters. The standard InChI is InChI=1S/C15H18N4O2/c1-11-9-12-13(10-17-11)15(19(20)21)4-3-14(12)18-7-2-5-16-6-8-18/h3-4,9-10,16H,2,5-8H2,1H3. The molecule has 1 aromatic carbocycles. The quantitative estimate of drug-likeness (QED) is 0.677. The van der Waals surface area contributed by atoms with Gasteiger partial charge in [0.2, 0.25) is 0 Å². The summed E-state index contributed by atoms with van der Waals surface area (Å²) in [5, 5.41) is 16.1. The molecule has 21 heavy (non-hydrogen) atoms. The number of hydrogen-bond acceptors (Lipinski definition) is 5. The summed E-state index contributed by atoms with van der Waals surface area (Å²) >= 11 is 0. The van der Waals surface area contributed by atoms with Gasteiger partial charge in [-0.05, 0) is 32.0 Å². The van der Waals surface area contributed by atoms with E-state index in [1.165, 1.54) is 0 Å². The van der Waals surface area contributed by atoms with Crippen LogP contribution < -0.4 is 10.2 Å². The van der Waals surface area contributed by atoms with E-state index >= 15 is 0 Å². The lowest BCUT2D eigenvalue weighted by Gasteiger charge is -2.24. The van der Waals surface area contributed by atoms with Gasteiger partial charge in [-0.25, -0.2) is 0 Å². The average Bonchev–Trinajstić information content (AvgIpc) is 2.74. The third kappa shape index (κ3) is 2.67. The van der Waals surface area contributed by atoms with Crippen LogP contribution in [0.15, 0.2) is 24.4 Å². The molecule has 1 aliphatic rings. The van der Waals surface area contributed by atoms with Crippen molar-refractivity contribution in [2.75, 3.05) is 31.1 Å². The van der Waals surface area contributed by atoms with Crippen LogP contribution in [0.25, 0.3) is 10.8 Å². The Hall–Kier alpha value is -2.21. The number of pyridine rings is 1. The van der Waals surface area contributed by atoms with Crippen molar-refractivity contribution < 1.29 is 4.92 Å². The maximum absolute atomic E-state index is 11.2. The highest BCUT2D eigenvalue weighted by atomic mass is 16.6. The van der Waals surface area contributed by atoms with Gasteiger partial charge in [0.15, 0.2) is 0 Å². The van der Waals surface area contributed by atoms with E-state index in [4.69, 9.17) is 0 Å². The Kier molecular flexibility index (Phi) is 3.70. The number of aryl methyl sites for hydroxylation is 1. The number of nitro groups is 1. The summed E-state index contributed by atoms with van der Waals surface area (Å²) in [5.74, 6) is 0. The molecule has 1 N–H and O–H groups in total. The third-order valence-corrected chi connectivity index (χ3v) is 3.87. The number of aromatic nitrogens is 1. The maximum Gasteiger partial charge on any atom is 0.278 e. The van der Waals surface area contributed by atoms with Crippen LogP contribution >= 0.6 is 0 Å². The SMILES string of the molecule is Cc1cc2c(N3CCCNCC3)ccc([N+](=O)[O-])c2cn1. The summed E-state index contributed by atoms with van der Waals surface area (Å²) in [7, 11) is 0. The molecule has 0 saturated carbocycles. The zero-order valence-corrected chi connectivity index (χ0v) is 12.0. The lowest BCUT2D eigenvalue weighted by Crippen LogP contribution is -2.28. The molecule has 0 spiro atoms. The highest BCUT2D eigenvalue weighted by molar-refractivity contribution is 5.99. The minimum Gasteiger partial charge on any atom is -0.370 e. The summed E-state index contributed by atoms with van der Waals surface area (Å²) in [5.41, 5.74) is 2.05. The van der Waals surface area contributed by atoms with Crippen molar-refractivity contribution in [1.29, 1.82) is 0 Å². The Bertz CT molecular complexity index is 679. The summed E-state index contributed by atoms with van der Waals surface area (Å²) in [4.78, 5) is 17.4. The van der Waals surface area contributed by atoms with Crippen molar-refractivity contribution in [2.24, 2.45) is 0 Å². The van der Waals surface area contributed by atoms with Gasteiger partial charge >= 0.3 is 0 Å². The lowest BCUT2D eigenvalue weighted by atomic mass is 10.1. The van der Waals surface area contributed by atoms with Crippen LogP contribution in [0.1, 0.15) is 12.1 Å². The predicted molar refractivity (Wildman–Crippen MR) is 82.8 cm³/mol. The van der Waals surface area contributed by atoms with Gasteiger partial charge in [-0.2, -0.15) is 0 Å². The van der Waals surface area contributed by atoms with Crippen LogP contribution in [0, 0.1) is 17.0 Å². The monoisotopic (exact) mass is 286 g/mol. The Morgan fingerprint density at radius 1 is 1.29 bits per heavy atom. The molecule has 0 amide bonds. The Morgan fingerprint density at radius 3 is 2.95 bits per heavy atom. The van der Waals surface area contributed by atoms with Crippen molar-refractivity contribution in [3.8, 4) is 0 Å². The van der Waals surface area contributed by atoms with Crippen molar-refractivity contribution >= 4 is 22.1 Å². The van der Waals surface area contributed by atoms with Gasteiger partial charge in [-0.1, -0.05) is 0 Å². The molecule has 1 aliphatic heterocycles. The van der Waals surface area contributed by atoms with Crippen molar-refractivity contribution in [1.82, 2.24) is 10.3 Å². The van der Waals surface area contributed by atoms with Crippen molar-refractivity contribution in [3.63, 3.8) is 0 Å². The van der Waals surface area contributed by atoms with Crippen LogP contribution in [-0.2, 0) is 0 Å². The zero-order valence-electron chi connectivity index (χ0n) is 12.0. The fraction of sp³-hybridized carbons (Fsp3) is 0.400. The minimum atomic E-state index is -0.340. The first kappa shape index (κ1) is 13.8. The Morgan fingerprint density at radius 2 is 2.14 bits per heavy atom. The van der Waals surface area contributed by atoms with Gasteiger partial charge in [-0.15, -0.1) is 0 Å². The summed E-state index contributed by atoms with van der Waals surface area (Å²) < 4.78 is 0. The number of rotatable bonds is 2. The molecule has 1 saturated heterocycles. The van der Waals surface area contributed by atoms with Crippen LogP contribution in [0.5, 0.6) is 0 Å². The second kappa shape index (κ2) is 5.65. The molecule has 110 valence electrons. The Labute approximate surface area is 122 Å². The summed E-state index contributed by atoms with van der Waals surface area (Å²) in [6, 6.07) is 5.40. The van der Waals surface area contributed by atoms with Crippen molar-refractivity contribution in [3.05, 3.63) is 40.2 Å². The number of anilines is 1. The first-order chi connectivity index (χ1) is 10.2. The fourth-order valence-electron chi connectivity index (χ4n) is 2.83. The normalized spacial score (nSPS) is 16.0. The molecule has 2 aromatic rings. The largest absolute Gasteiger partial charge is 0.370 e. The molecular weight excluding hydrogens is 268 g/mol. The second-order valence-corrected chi connectivity index (χ2v) is 5.32. The molecule has 0 radical (unpaired) electrons. The number of non-ortho nitro benzene ring substituents is 1. The fourth-order valence-corrected chi connectivity index (χ4v) is 2.83. The second-order valence-electron chi connectivity index (χ2n) is 5.32. The highest BCUT2D eigenvalue weighted by Gasteiger charge is 2.18. The van der Waals surface area contributed by atoms with Gasteiger partial charge in [-0.3, -0.25) is 15.1 Å². The molecule has 0 bridgehead atoms. The van der Waals surface area contributed by atoms with E-state index in [-0.39, 0.29) is 10.6 Å². The molecule has 6 nitrogen and oxygen atoms in total. The van der Waals surface area contributed by atoms with E-state index in [1.54, 1.807) is 12.3 Å².